The maximum absolute atomic E-state index is 11.7. The molecule has 0 bridgehead atoms. The number of hydrogen-bond acceptors (Lipinski definition) is 3. The molecule has 18 heavy (non-hydrogen) atoms. The van der Waals surface area contributed by atoms with Crippen LogP contribution in [-0.2, 0) is 11.3 Å². The summed E-state index contributed by atoms with van der Waals surface area (Å²) in [5.74, 6) is 0. The Balaban J connectivity index is 1.88. The van der Waals surface area contributed by atoms with Crippen LogP contribution in [0, 0.1) is 3.57 Å². The SMILES string of the molecule is O=C(OCc1ccccc1)Sc1ccccc1I. The molecule has 0 N–H and O–H groups in total. The maximum atomic E-state index is 11.7. The van der Waals surface area contributed by atoms with E-state index >= 15 is 0 Å². The Labute approximate surface area is 124 Å². The minimum Gasteiger partial charge on any atom is -0.452 e. The first-order valence-electron chi connectivity index (χ1n) is 5.39. The van der Waals surface area contributed by atoms with E-state index in [2.05, 4.69) is 22.6 Å². The van der Waals surface area contributed by atoms with Crippen molar-refractivity contribution in [3.63, 3.8) is 0 Å². The zero-order valence-electron chi connectivity index (χ0n) is 9.51. The molecule has 0 radical (unpaired) electrons. The Hall–Kier alpha value is -1.01. The summed E-state index contributed by atoms with van der Waals surface area (Å²) in [5, 5.41) is -0.275. The van der Waals surface area contributed by atoms with Crippen LogP contribution in [0.5, 0.6) is 0 Å². The van der Waals surface area contributed by atoms with Gasteiger partial charge >= 0.3 is 5.30 Å². The second kappa shape index (κ2) is 6.80. The minimum atomic E-state index is -0.275. The summed E-state index contributed by atoms with van der Waals surface area (Å²) < 4.78 is 6.26. The highest BCUT2D eigenvalue weighted by Crippen LogP contribution is 2.25. The van der Waals surface area contributed by atoms with Crippen molar-refractivity contribution in [1.82, 2.24) is 0 Å². The fraction of sp³-hybridized carbons (Fsp3) is 0.0714. The Morgan fingerprint density at radius 2 is 1.72 bits per heavy atom. The second-order valence-electron chi connectivity index (χ2n) is 3.56. The summed E-state index contributed by atoms with van der Waals surface area (Å²) in [4.78, 5) is 12.6. The topological polar surface area (TPSA) is 26.3 Å². The average molecular weight is 370 g/mol. The molecule has 0 aliphatic heterocycles. The largest absolute Gasteiger partial charge is 0.452 e. The predicted molar refractivity (Wildman–Crippen MR) is 81.6 cm³/mol. The third kappa shape index (κ3) is 4.03. The molecule has 92 valence electrons. The van der Waals surface area contributed by atoms with Crippen molar-refractivity contribution in [2.24, 2.45) is 0 Å². The first-order chi connectivity index (χ1) is 8.75. The molecular formula is C14H11IO2S. The first kappa shape index (κ1) is 13.4. The zero-order chi connectivity index (χ0) is 12.8. The highest BCUT2D eigenvalue weighted by molar-refractivity contribution is 14.1. The highest BCUT2D eigenvalue weighted by atomic mass is 127. The second-order valence-corrected chi connectivity index (χ2v) is 5.70. The summed E-state index contributed by atoms with van der Waals surface area (Å²) in [6, 6.07) is 17.4. The molecule has 0 heterocycles. The summed E-state index contributed by atoms with van der Waals surface area (Å²) in [5.41, 5.74) is 0.995. The van der Waals surface area contributed by atoms with Gasteiger partial charge in [-0.1, -0.05) is 42.5 Å². The summed E-state index contributed by atoms with van der Waals surface area (Å²) in [6.45, 7) is 0.316. The highest BCUT2D eigenvalue weighted by Gasteiger charge is 2.08. The average Bonchev–Trinajstić information content (AvgIpc) is 2.40. The fourth-order valence-electron chi connectivity index (χ4n) is 1.36. The summed E-state index contributed by atoms with van der Waals surface area (Å²) in [7, 11) is 0. The molecule has 0 amide bonds. The van der Waals surface area contributed by atoms with Crippen LogP contribution in [0.1, 0.15) is 5.56 Å². The normalized spacial score (nSPS) is 10.1. The number of hydrogen-bond donors (Lipinski definition) is 0. The number of rotatable bonds is 3. The van der Waals surface area contributed by atoms with Crippen molar-refractivity contribution < 1.29 is 9.53 Å². The minimum absolute atomic E-state index is 0.275. The molecule has 4 heteroatoms. The number of thioether (sulfide) groups is 1. The fourth-order valence-corrected chi connectivity index (χ4v) is 2.69. The maximum Gasteiger partial charge on any atom is 0.372 e. The number of benzene rings is 2. The number of ether oxygens (including phenoxy) is 1. The lowest BCUT2D eigenvalue weighted by Crippen LogP contribution is -1.98. The van der Waals surface area contributed by atoms with Gasteiger partial charge < -0.3 is 4.74 Å². The zero-order valence-corrected chi connectivity index (χ0v) is 12.5. The Bertz CT molecular complexity index is 528. The van der Waals surface area contributed by atoms with Crippen LogP contribution in [0.15, 0.2) is 59.5 Å². The lowest BCUT2D eigenvalue weighted by atomic mass is 10.2. The third-order valence-electron chi connectivity index (χ3n) is 2.23. The molecule has 2 aromatic carbocycles. The molecule has 0 aliphatic carbocycles. The van der Waals surface area contributed by atoms with E-state index < -0.39 is 0 Å². The molecule has 0 saturated carbocycles. The van der Waals surface area contributed by atoms with Gasteiger partial charge in [0.25, 0.3) is 0 Å². The van der Waals surface area contributed by atoms with E-state index in [1.54, 1.807) is 0 Å². The molecule has 2 nitrogen and oxygen atoms in total. The Morgan fingerprint density at radius 3 is 2.44 bits per heavy atom. The van der Waals surface area contributed by atoms with Gasteiger partial charge in [0.05, 0.1) is 0 Å². The molecule has 0 aliphatic rings. The number of carbonyl (C=O) groups is 1. The van der Waals surface area contributed by atoms with Crippen molar-refractivity contribution in [2.75, 3.05) is 0 Å². The van der Waals surface area contributed by atoms with Crippen molar-refractivity contribution >= 4 is 39.7 Å². The molecule has 0 unspecified atom stereocenters. The molecule has 0 saturated heterocycles. The van der Waals surface area contributed by atoms with Gasteiger partial charge in [-0.3, -0.25) is 0 Å². The van der Waals surface area contributed by atoms with E-state index in [0.29, 0.717) is 6.61 Å². The molecule has 0 aromatic heterocycles. The van der Waals surface area contributed by atoms with Crippen LogP contribution < -0.4 is 0 Å². The van der Waals surface area contributed by atoms with Crippen molar-refractivity contribution in [3.05, 3.63) is 63.7 Å². The molecule has 2 aromatic rings. The van der Waals surface area contributed by atoms with Crippen LogP contribution in [0.25, 0.3) is 0 Å². The van der Waals surface area contributed by atoms with Gasteiger partial charge in [0.1, 0.15) is 6.61 Å². The Morgan fingerprint density at radius 1 is 1.06 bits per heavy atom. The predicted octanol–water partition coefficient (Wildman–Crippen LogP) is 4.72. The molecule has 0 atom stereocenters. The van der Waals surface area contributed by atoms with E-state index in [4.69, 9.17) is 4.74 Å². The van der Waals surface area contributed by atoms with Gasteiger partial charge in [-0.05, 0) is 52.0 Å². The summed E-state index contributed by atoms with van der Waals surface area (Å²) >= 11 is 3.33. The summed E-state index contributed by atoms with van der Waals surface area (Å²) in [6.07, 6.45) is 0. The van der Waals surface area contributed by atoms with Gasteiger partial charge in [-0.2, -0.15) is 0 Å². The van der Waals surface area contributed by atoms with Crippen LogP contribution in [0.4, 0.5) is 4.79 Å². The Kier molecular flexibility index (Phi) is 5.07. The monoisotopic (exact) mass is 370 g/mol. The first-order valence-corrected chi connectivity index (χ1v) is 7.28. The molecule has 0 spiro atoms. The van der Waals surface area contributed by atoms with E-state index in [0.717, 1.165) is 25.8 Å². The molecule has 2 rings (SSSR count). The van der Waals surface area contributed by atoms with Crippen LogP contribution in [0.2, 0.25) is 0 Å². The van der Waals surface area contributed by atoms with Gasteiger partial charge in [0, 0.05) is 8.47 Å². The van der Waals surface area contributed by atoms with E-state index in [1.807, 2.05) is 54.6 Å². The van der Waals surface area contributed by atoms with Gasteiger partial charge in [-0.25, -0.2) is 4.79 Å². The van der Waals surface area contributed by atoms with Crippen LogP contribution in [-0.4, -0.2) is 5.30 Å². The van der Waals surface area contributed by atoms with Gasteiger partial charge in [0.2, 0.25) is 0 Å². The quantitative estimate of drug-likeness (QED) is 0.444. The van der Waals surface area contributed by atoms with E-state index in [-0.39, 0.29) is 5.30 Å². The van der Waals surface area contributed by atoms with Gasteiger partial charge in [0.15, 0.2) is 0 Å². The van der Waals surface area contributed by atoms with Crippen LogP contribution >= 0.6 is 34.4 Å². The van der Waals surface area contributed by atoms with Gasteiger partial charge in [-0.15, -0.1) is 0 Å². The number of carbonyl (C=O) groups excluding carboxylic acids is 1. The van der Waals surface area contributed by atoms with Crippen molar-refractivity contribution in [1.29, 1.82) is 0 Å². The van der Waals surface area contributed by atoms with Crippen LogP contribution in [0.3, 0.4) is 0 Å². The molecular weight excluding hydrogens is 359 g/mol. The number of halogens is 1. The van der Waals surface area contributed by atoms with Crippen molar-refractivity contribution in [3.8, 4) is 0 Å². The third-order valence-corrected chi connectivity index (χ3v) is 4.40. The smallest absolute Gasteiger partial charge is 0.372 e. The van der Waals surface area contributed by atoms with E-state index in [9.17, 15) is 4.79 Å². The van der Waals surface area contributed by atoms with E-state index in [1.165, 1.54) is 0 Å². The lowest BCUT2D eigenvalue weighted by Gasteiger charge is -2.05. The lowest BCUT2D eigenvalue weighted by molar-refractivity contribution is 0.168. The standard InChI is InChI=1S/C14H11IO2S/c15-12-8-4-5-9-13(12)18-14(16)17-10-11-6-2-1-3-7-11/h1-9H,10H2. The molecule has 0 fully saturated rings. The van der Waals surface area contributed by atoms with Crippen molar-refractivity contribution in [2.45, 2.75) is 11.5 Å².